The van der Waals surface area contributed by atoms with Gasteiger partial charge in [-0.1, -0.05) is 31.3 Å². The van der Waals surface area contributed by atoms with Gasteiger partial charge < -0.3 is 14.0 Å². The first-order chi connectivity index (χ1) is 13.2. The molecule has 0 spiro atoms. The minimum atomic E-state index is 0.302. The summed E-state index contributed by atoms with van der Waals surface area (Å²) in [5, 5.41) is 3.91. The quantitative estimate of drug-likeness (QED) is 0.516. The first kappa shape index (κ1) is 19.5. The third-order valence-corrected chi connectivity index (χ3v) is 4.80. The molecule has 1 atom stereocenters. The fourth-order valence-corrected chi connectivity index (χ4v) is 3.13. The Hall–Kier alpha value is -2.30. The van der Waals surface area contributed by atoms with Crippen molar-refractivity contribution in [3.63, 3.8) is 0 Å². The van der Waals surface area contributed by atoms with Crippen LogP contribution in [0.15, 0.2) is 39.8 Å². The van der Waals surface area contributed by atoms with Crippen LogP contribution in [-0.4, -0.2) is 30.3 Å². The molecule has 0 bridgehead atoms. The molecule has 0 radical (unpaired) electrons. The normalized spacial score (nSPS) is 16.2. The number of aromatic nitrogens is 1. The average molecular weight is 370 g/mol. The van der Waals surface area contributed by atoms with E-state index in [9.17, 15) is 0 Å². The third kappa shape index (κ3) is 6.12. The van der Waals surface area contributed by atoms with Crippen LogP contribution in [0.2, 0.25) is 0 Å². The fourth-order valence-electron chi connectivity index (χ4n) is 3.13. The molecule has 2 aromatic rings. The molecule has 1 aliphatic heterocycles. The highest BCUT2D eigenvalue weighted by molar-refractivity contribution is 5.95. The van der Waals surface area contributed by atoms with Gasteiger partial charge in [0, 0.05) is 18.1 Å². The van der Waals surface area contributed by atoms with Gasteiger partial charge in [0.1, 0.15) is 18.1 Å². The molecule has 0 N–H and O–H groups in total. The van der Waals surface area contributed by atoms with Crippen LogP contribution in [0.3, 0.4) is 0 Å². The summed E-state index contributed by atoms with van der Waals surface area (Å²) >= 11 is 0. The topological polar surface area (TPSA) is 56.9 Å². The highest BCUT2D eigenvalue weighted by atomic mass is 16.5. The summed E-state index contributed by atoms with van der Waals surface area (Å²) in [7, 11) is 0. The SMILES string of the molecule is CC[C@@H]1COC(c2ccc(OCCCCCCCc3cc(C)no3)cc2)=N1. The van der Waals surface area contributed by atoms with Crippen molar-refractivity contribution in [2.24, 2.45) is 4.99 Å². The number of aryl methyl sites for hydroxylation is 2. The van der Waals surface area contributed by atoms with Crippen LogP contribution in [0.1, 0.15) is 62.5 Å². The van der Waals surface area contributed by atoms with E-state index in [-0.39, 0.29) is 0 Å². The van der Waals surface area contributed by atoms with Gasteiger partial charge in [0.05, 0.1) is 18.3 Å². The highest BCUT2D eigenvalue weighted by Gasteiger charge is 2.18. The summed E-state index contributed by atoms with van der Waals surface area (Å²) in [6.07, 6.45) is 7.87. The van der Waals surface area contributed by atoms with E-state index in [1.54, 1.807) is 0 Å². The number of aliphatic imine (C=N–C) groups is 1. The van der Waals surface area contributed by atoms with E-state index in [0.29, 0.717) is 12.6 Å². The number of unbranched alkanes of at least 4 members (excludes halogenated alkanes) is 4. The molecule has 27 heavy (non-hydrogen) atoms. The zero-order chi connectivity index (χ0) is 18.9. The highest BCUT2D eigenvalue weighted by Crippen LogP contribution is 2.18. The summed E-state index contributed by atoms with van der Waals surface area (Å²) in [6.45, 7) is 5.55. The minimum Gasteiger partial charge on any atom is -0.494 e. The number of nitrogens with zero attached hydrogens (tertiary/aromatic N) is 2. The predicted octanol–water partition coefficient (Wildman–Crippen LogP) is 5.11. The summed E-state index contributed by atoms with van der Waals surface area (Å²) in [5.41, 5.74) is 1.99. The Labute approximate surface area is 161 Å². The van der Waals surface area contributed by atoms with Crippen molar-refractivity contribution >= 4 is 5.90 Å². The van der Waals surface area contributed by atoms with Crippen LogP contribution in [0.4, 0.5) is 0 Å². The molecule has 146 valence electrons. The predicted molar refractivity (Wildman–Crippen MR) is 107 cm³/mol. The summed E-state index contributed by atoms with van der Waals surface area (Å²) in [5.74, 6) is 2.66. The number of rotatable bonds is 11. The van der Waals surface area contributed by atoms with Crippen molar-refractivity contribution in [1.29, 1.82) is 0 Å². The number of hydrogen-bond acceptors (Lipinski definition) is 5. The van der Waals surface area contributed by atoms with Gasteiger partial charge in [0.2, 0.25) is 5.90 Å². The number of benzene rings is 1. The van der Waals surface area contributed by atoms with Crippen LogP contribution in [-0.2, 0) is 11.2 Å². The maximum Gasteiger partial charge on any atom is 0.216 e. The van der Waals surface area contributed by atoms with Gasteiger partial charge in [-0.05, 0) is 50.5 Å². The number of hydrogen-bond donors (Lipinski definition) is 0. The molecule has 1 aromatic heterocycles. The van der Waals surface area contributed by atoms with Gasteiger partial charge >= 0.3 is 0 Å². The first-order valence-corrected chi connectivity index (χ1v) is 10.1. The monoisotopic (exact) mass is 370 g/mol. The molecule has 0 fully saturated rings. The second-order valence-corrected chi connectivity index (χ2v) is 7.13. The smallest absolute Gasteiger partial charge is 0.216 e. The molecular formula is C22H30N2O3. The fraction of sp³-hybridized carbons (Fsp3) is 0.545. The molecule has 5 nitrogen and oxygen atoms in total. The van der Waals surface area contributed by atoms with Crippen molar-refractivity contribution in [2.75, 3.05) is 13.2 Å². The molecule has 0 saturated heterocycles. The van der Waals surface area contributed by atoms with E-state index >= 15 is 0 Å². The van der Waals surface area contributed by atoms with Gasteiger partial charge in [0.15, 0.2) is 0 Å². The lowest BCUT2D eigenvalue weighted by molar-refractivity contribution is 0.304. The molecular weight excluding hydrogens is 340 g/mol. The Bertz CT molecular complexity index is 721. The van der Waals surface area contributed by atoms with Crippen LogP contribution in [0.25, 0.3) is 0 Å². The maximum atomic E-state index is 5.84. The van der Waals surface area contributed by atoms with Crippen molar-refractivity contribution in [1.82, 2.24) is 5.16 Å². The summed E-state index contributed by atoms with van der Waals surface area (Å²) in [4.78, 5) is 4.58. The summed E-state index contributed by atoms with van der Waals surface area (Å²) < 4.78 is 16.7. The molecule has 5 heteroatoms. The molecule has 1 aromatic carbocycles. The second-order valence-electron chi connectivity index (χ2n) is 7.13. The van der Waals surface area contributed by atoms with Crippen molar-refractivity contribution in [3.05, 3.63) is 47.3 Å². The van der Waals surface area contributed by atoms with E-state index in [0.717, 1.165) is 61.0 Å². The average Bonchev–Trinajstić information content (AvgIpc) is 3.33. The largest absolute Gasteiger partial charge is 0.494 e. The van der Waals surface area contributed by atoms with E-state index in [1.807, 2.05) is 37.3 Å². The zero-order valence-corrected chi connectivity index (χ0v) is 16.4. The van der Waals surface area contributed by atoms with E-state index in [4.69, 9.17) is 14.0 Å². The van der Waals surface area contributed by atoms with E-state index in [1.165, 1.54) is 19.3 Å². The Kier molecular flexibility index (Phi) is 7.31. The van der Waals surface area contributed by atoms with Gasteiger partial charge in [-0.25, -0.2) is 4.99 Å². The lowest BCUT2D eigenvalue weighted by Crippen LogP contribution is -2.04. The molecule has 2 heterocycles. The van der Waals surface area contributed by atoms with Gasteiger partial charge in [-0.2, -0.15) is 0 Å². The Balaban J connectivity index is 1.26. The van der Waals surface area contributed by atoms with E-state index < -0.39 is 0 Å². The number of ether oxygens (including phenoxy) is 2. The Morgan fingerprint density at radius 1 is 1.07 bits per heavy atom. The van der Waals surface area contributed by atoms with E-state index in [2.05, 4.69) is 17.1 Å². The summed E-state index contributed by atoms with van der Waals surface area (Å²) in [6, 6.07) is 10.4. The van der Waals surface area contributed by atoms with Crippen LogP contribution in [0, 0.1) is 6.92 Å². The standard InChI is InChI=1S/C22H30N2O3/c1-3-19-16-26-22(23-19)18-10-12-20(13-11-18)25-14-8-6-4-5-7-9-21-15-17(2)24-27-21/h10-13,15,19H,3-9,14,16H2,1-2H3/t19-/m1/s1. The maximum absolute atomic E-state index is 5.84. The first-order valence-electron chi connectivity index (χ1n) is 10.1. The lowest BCUT2D eigenvalue weighted by atomic mass is 10.1. The molecule has 0 unspecified atom stereocenters. The molecule has 3 rings (SSSR count). The minimum absolute atomic E-state index is 0.302. The van der Waals surface area contributed by atoms with Crippen molar-refractivity contribution in [3.8, 4) is 5.75 Å². The Morgan fingerprint density at radius 3 is 2.56 bits per heavy atom. The molecule has 1 aliphatic rings. The van der Waals surface area contributed by atoms with Crippen molar-refractivity contribution < 1.29 is 14.0 Å². The van der Waals surface area contributed by atoms with Crippen LogP contribution >= 0.6 is 0 Å². The molecule has 0 saturated carbocycles. The van der Waals surface area contributed by atoms with Crippen molar-refractivity contribution in [2.45, 2.75) is 64.8 Å². The molecule has 0 amide bonds. The molecule has 0 aliphatic carbocycles. The van der Waals surface area contributed by atoms with Crippen LogP contribution < -0.4 is 4.74 Å². The zero-order valence-electron chi connectivity index (χ0n) is 16.4. The van der Waals surface area contributed by atoms with Crippen LogP contribution in [0.5, 0.6) is 5.75 Å². The van der Waals surface area contributed by atoms with Gasteiger partial charge in [-0.15, -0.1) is 0 Å². The Morgan fingerprint density at radius 2 is 1.85 bits per heavy atom. The van der Waals surface area contributed by atoms with Gasteiger partial charge in [-0.3, -0.25) is 0 Å². The second kappa shape index (κ2) is 10.1. The lowest BCUT2D eigenvalue weighted by Gasteiger charge is -2.07. The third-order valence-electron chi connectivity index (χ3n) is 4.80. The van der Waals surface area contributed by atoms with Gasteiger partial charge in [0.25, 0.3) is 0 Å².